The SMILES string of the molecule is COc1cc(C=NNC(=O)c2nccc(-c3ccc(OC(C)C)cc3)n2)cc(OC)c1. The molecule has 0 bridgehead atoms. The number of benzene rings is 2. The second-order valence-electron chi connectivity index (χ2n) is 6.80. The van der Waals surface area contributed by atoms with Gasteiger partial charge in [0.05, 0.1) is 32.2 Å². The molecule has 1 aromatic heterocycles. The Labute approximate surface area is 180 Å². The summed E-state index contributed by atoms with van der Waals surface area (Å²) < 4.78 is 16.1. The van der Waals surface area contributed by atoms with Crippen LogP contribution in [0.5, 0.6) is 17.2 Å². The minimum atomic E-state index is -0.521. The van der Waals surface area contributed by atoms with Gasteiger partial charge in [0.25, 0.3) is 0 Å². The second kappa shape index (κ2) is 10.2. The summed E-state index contributed by atoms with van der Waals surface area (Å²) in [7, 11) is 3.12. The molecular weight excluding hydrogens is 396 g/mol. The van der Waals surface area contributed by atoms with Crippen molar-refractivity contribution in [2.75, 3.05) is 14.2 Å². The molecular formula is C23H24N4O4. The van der Waals surface area contributed by atoms with Gasteiger partial charge in [-0.1, -0.05) is 0 Å². The summed E-state index contributed by atoms with van der Waals surface area (Å²) >= 11 is 0. The van der Waals surface area contributed by atoms with E-state index >= 15 is 0 Å². The number of rotatable bonds is 8. The Kier molecular flexibility index (Phi) is 7.16. The van der Waals surface area contributed by atoms with E-state index < -0.39 is 5.91 Å². The lowest BCUT2D eigenvalue weighted by Crippen LogP contribution is -2.20. The van der Waals surface area contributed by atoms with Gasteiger partial charge in [-0.25, -0.2) is 15.4 Å². The lowest BCUT2D eigenvalue weighted by molar-refractivity contribution is 0.0945. The third kappa shape index (κ3) is 6.02. The molecule has 8 heteroatoms. The van der Waals surface area contributed by atoms with Crippen molar-refractivity contribution in [1.82, 2.24) is 15.4 Å². The fourth-order valence-electron chi connectivity index (χ4n) is 2.72. The van der Waals surface area contributed by atoms with Crippen molar-refractivity contribution < 1.29 is 19.0 Å². The number of carbonyl (C=O) groups is 1. The predicted octanol–water partition coefficient (Wildman–Crippen LogP) is 3.71. The summed E-state index contributed by atoms with van der Waals surface area (Å²) in [6, 6.07) is 14.5. The smallest absolute Gasteiger partial charge is 0.309 e. The molecule has 0 aliphatic carbocycles. The van der Waals surface area contributed by atoms with Crippen LogP contribution < -0.4 is 19.6 Å². The zero-order valence-corrected chi connectivity index (χ0v) is 17.8. The Bertz CT molecular complexity index is 1040. The van der Waals surface area contributed by atoms with Crippen LogP contribution in [0.25, 0.3) is 11.3 Å². The molecule has 0 spiro atoms. The number of aromatic nitrogens is 2. The van der Waals surface area contributed by atoms with Crippen LogP contribution in [0.3, 0.4) is 0 Å². The molecule has 2 aromatic carbocycles. The molecule has 8 nitrogen and oxygen atoms in total. The molecule has 1 heterocycles. The highest BCUT2D eigenvalue weighted by molar-refractivity contribution is 5.92. The highest BCUT2D eigenvalue weighted by Gasteiger charge is 2.10. The van der Waals surface area contributed by atoms with Crippen molar-refractivity contribution in [2.45, 2.75) is 20.0 Å². The number of ether oxygens (including phenoxy) is 3. The first-order valence-electron chi connectivity index (χ1n) is 9.65. The molecule has 3 aromatic rings. The predicted molar refractivity (Wildman–Crippen MR) is 118 cm³/mol. The van der Waals surface area contributed by atoms with E-state index in [9.17, 15) is 4.79 Å². The van der Waals surface area contributed by atoms with Crippen molar-refractivity contribution in [3.63, 3.8) is 0 Å². The zero-order chi connectivity index (χ0) is 22.2. The summed E-state index contributed by atoms with van der Waals surface area (Å²) in [5, 5.41) is 3.98. The maximum absolute atomic E-state index is 12.4. The van der Waals surface area contributed by atoms with E-state index in [4.69, 9.17) is 14.2 Å². The van der Waals surface area contributed by atoms with Crippen molar-refractivity contribution in [2.24, 2.45) is 5.10 Å². The quantitative estimate of drug-likeness (QED) is 0.441. The number of hydrogen-bond acceptors (Lipinski definition) is 7. The summed E-state index contributed by atoms with van der Waals surface area (Å²) in [5.74, 6) is 1.50. The van der Waals surface area contributed by atoms with Gasteiger partial charge in [-0.2, -0.15) is 5.10 Å². The summed E-state index contributed by atoms with van der Waals surface area (Å²) in [6.07, 6.45) is 3.12. The largest absolute Gasteiger partial charge is 0.497 e. The Morgan fingerprint density at radius 3 is 2.29 bits per heavy atom. The van der Waals surface area contributed by atoms with Gasteiger partial charge in [-0.05, 0) is 56.3 Å². The molecule has 0 saturated heterocycles. The number of amides is 1. The molecule has 0 aliphatic rings. The van der Waals surface area contributed by atoms with Gasteiger partial charge in [-0.15, -0.1) is 0 Å². The van der Waals surface area contributed by atoms with E-state index in [1.165, 1.54) is 12.4 Å². The van der Waals surface area contributed by atoms with Gasteiger partial charge < -0.3 is 14.2 Å². The van der Waals surface area contributed by atoms with Crippen molar-refractivity contribution in [1.29, 1.82) is 0 Å². The van der Waals surface area contributed by atoms with E-state index in [1.807, 2.05) is 38.1 Å². The van der Waals surface area contributed by atoms with Crippen LogP contribution in [0.2, 0.25) is 0 Å². The molecule has 0 saturated carbocycles. The summed E-state index contributed by atoms with van der Waals surface area (Å²) in [5.41, 5.74) is 4.61. The third-order valence-electron chi connectivity index (χ3n) is 4.13. The normalized spacial score (nSPS) is 10.9. The molecule has 0 fully saturated rings. The maximum Gasteiger partial charge on any atom is 0.309 e. The van der Waals surface area contributed by atoms with E-state index in [0.717, 1.165) is 11.3 Å². The minimum absolute atomic E-state index is 0.0142. The number of methoxy groups -OCH3 is 2. The van der Waals surface area contributed by atoms with Crippen molar-refractivity contribution in [3.8, 4) is 28.5 Å². The van der Waals surface area contributed by atoms with E-state index in [-0.39, 0.29) is 11.9 Å². The summed E-state index contributed by atoms with van der Waals surface area (Å²) in [4.78, 5) is 20.8. The number of hydrogen-bond donors (Lipinski definition) is 1. The van der Waals surface area contributed by atoms with Gasteiger partial charge in [0.1, 0.15) is 17.2 Å². The average molecular weight is 420 g/mol. The monoisotopic (exact) mass is 420 g/mol. The minimum Gasteiger partial charge on any atom is -0.497 e. The van der Waals surface area contributed by atoms with Gasteiger partial charge >= 0.3 is 5.91 Å². The fourth-order valence-corrected chi connectivity index (χ4v) is 2.72. The van der Waals surface area contributed by atoms with Gasteiger partial charge in [0.15, 0.2) is 0 Å². The van der Waals surface area contributed by atoms with Crippen LogP contribution in [0, 0.1) is 0 Å². The number of nitrogens with zero attached hydrogens (tertiary/aromatic N) is 3. The lowest BCUT2D eigenvalue weighted by Gasteiger charge is -2.10. The van der Waals surface area contributed by atoms with E-state index in [2.05, 4.69) is 20.5 Å². The fraction of sp³-hybridized carbons (Fsp3) is 0.217. The molecule has 1 amide bonds. The Hall–Kier alpha value is -3.94. The van der Waals surface area contributed by atoms with Crippen LogP contribution in [0.1, 0.15) is 30.0 Å². The van der Waals surface area contributed by atoms with Gasteiger partial charge in [-0.3, -0.25) is 4.79 Å². The first kappa shape index (κ1) is 21.8. The second-order valence-corrected chi connectivity index (χ2v) is 6.80. The number of nitrogens with one attached hydrogen (secondary N) is 1. The molecule has 0 radical (unpaired) electrons. The maximum atomic E-state index is 12.4. The first-order chi connectivity index (χ1) is 15.0. The highest BCUT2D eigenvalue weighted by atomic mass is 16.5. The Morgan fingerprint density at radius 1 is 1.00 bits per heavy atom. The van der Waals surface area contributed by atoms with Gasteiger partial charge in [0, 0.05) is 23.4 Å². The van der Waals surface area contributed by atoms with E-state index in [0.29, 0.717) is 22.8 Å². The molecule has 0 aliphatic heterocycles. The summed E-state index contributed by atoms with van der Waals surface area (Å²) in [6.45, 7) is 3.94. The Balaban J connectivity index is 1.70. The highest BCUT2D eigenvalue weighted by Crippen LogP contribution is 2.22. The first-order valence-corrected chi connectivity index (χ1v) is 9.65. The molecule has 160 valence electrons. The van der Waals surface area contributed by atoms with Crippen molar-refractivity contribution in [3.05, 3.63) is 66.1 Å². The van der Waals surface area contributed by atoms with Crippen LogP contribution in [0.4, 0.5) is 0 Å². The van der Waals surface area contributed by atoms with Crippen LogP contribution in [-0.2, 0) is 0 Å². The molecule has 1 N–H and O–H groups in total. The Morgan fingerprint density at radius 2 is 1.68 bits per heavy atom. The lowest BCUT2D eigenvalue weighted by atomic mass is 10.1. The third-order valence-corrected chi connectivity index (χ3v) is 4.13. The van der Waals surface area contributed by atoms with E-state index in [1.54, 1.807) is 38.5 Å². The zero-order valence-electron chi connectivity index (χ0n) is 17.8. The number of carbonyl (C=O) groups excluding carboxylic acids is 1. The standard InChI is InChI=1S/C23H24N4O4/c1-15(2)31-18-7-5-17(6-8-18)21-9-10-24-22(26-21)23(28)27-25-14-16-11-19(29-3)13-20(12-16)30-4/h5-15H,1-4H3,(H,27,28). The topological polar surface area (TPSA) is 94.9 Å². The van der Waals surface area contributed by atoms with Crippen LogP contribution in [-0.4, -0.2) is 42.4 Å². The molecule has 31 heavy (non-hydrogen) atoms. The van der Waals surface area contributed by atoms with Gasteiger partial charge in [0.2, 0.25) is 5.82 Å². The van der Waals surface area contributed by atoms with Crippen LogP contribution in [0.15, 0.2) is 59.8 Å². The van der Waals surface area contributed by atoms with Crippen molar-refractivity contribution >= 4 is 12.1 Å². The molecule has 0 unspecified atom stereocenters. The average Bonchev–Trinajstić information content (AvgIpc) is 2.79. The molecule has 0 atom stereocenters. The number of hydrazone groups is 1. The van der Waals surface area contributed by atoms with Crippen LogP contribution >= 0.6 is 0 Å². The molecule has 3 rings (SSSR count).